The van der Waals surface area contributed by atoms with Crippen molar-refractivity contribution in [3.8, 4) is 11.5 Å². The van der Waals surface area contributed by atoms with E-state index in [4.69, 9.17) is 21.7 Å². The molecule has 0 spiro atoms. The van der Waals surface area contributed by atoms with E-state index < -0.39 is 0 Å². The van der Waals surface area contributed by atoms with Gasteiger partial charge in [-0.2, -0.15) is 0 Å². The zero-order valence-corrected chi connectivity index (χ0v) is 17.0. The van der Waals surface area contributed by atoms with Crippen molar-refractivity contribution < 1.29 is 9.47 Å². The first kappa shape index (κ1) is 19.5. The minimum Gasteiger partial charge on any atom is -0.490 e. The van der Waals surface area contributed by atoms with Gasteiger partial charge in [-0.15, -0.1) is 0 Å². The Labute approximate surface area is 163 Å². The summed E-state index contributed by atoms with van der Waals surface area (Å²) in [5, 5.41) is 7.05. The number of thiocarbonyl (C=S) groups is 1. The molecule has 2 aromatic rings. The van der Waals surface area contributed by atoms with Crippen LogP contribution in [0, 0.1) is 0 Å². The lowest BCUT2D eigenvalue weighted by atomic mass is 10.1. The van der Waals surface area contributed by atoms with E-state index in [1.807, 2.05) is 56.3 Å². The standard InChI is InChI=1S/C19H23BrN2O2S/c1-4-23-17-11-6-14(12-18(17)24-5-2)13(3)21-19(25)22-16-9-7-15(20)8-10-16/h6-13H,4-5H2,1-3H3,(H2,21,22,25). The van der Waals surface area contributed by atoms with Crippen LogP contribution in [0.4, 0.5) is 5.69 Å². The van der Waals surface area contributed by atoms with E-state index >= 15 is 0 Å². The van der Waals surface area contributed by atoms with E-state index in [0.717, 1.165) is 27.2 Å². The fourth-order valence-corrected chi connectivity index (χ4v) is 2.88. The number of rotatable bonds is 7. The topological polar surface area (TPSA) is 42.5 Å². The number of ether oxygens (including phenoxy) is 2. The van der Waals surface area contributed by atoms with Crippen LogP contribution >= 0.6 is 28.1 Å². The molecule has 0 aromatic heterocycles. The number of hydrogen-bond acceptors (Lipinski definition) is 3. The summed E-state index contributed by atoms with van der Waals surface area (Å²) >= 11 is 8.83. The number of hydrogen-bond donors (Lipinski definition) is 2. The van der Waals surface area contributed by atoms with Gasteiger partial charge in [0.1, 0.15) is 0 Å². The molecule has 134 valence electrons. The number of nitrogens with one attached hydrogen (secondary N) is 2. The van der Waals surface area contributed by atoms with Crippen molar-refractivity contribution in [3.63, 3.8) is 0 Å². The molecule has 0 heterocycles. The van der Waals surface area contributed by atoms with Crippen LogP contribution in [0.2, 0.25) is 0 Å². The maximum atomic E-state index is 5.69. The highest BCUT2D eigenvalue weighted by atomic mass is 79.9. The molecule has 2 aromatic carbocycles. The summed E-state index contributed by atoms with van der Waals surface area (Å²) in [5.41, 5.74) is 2.02. The summed E-state index contributed by atoms with van der Waals surface area (Å²) in [6, 6.07) is 13.9. The molecule has 0 fully saturated rings. The van der Waals surface area contributed by atoms with Crippen molar-refractivity contribution in [2.75, 3.05) is 18.5 Å². The van der Waals surface area contributed by atoms with E-state index in [1.54, 1.807) is 0 Å². The van der Waals surface area contributed by atoms with Crippen LogP contribution in [0.1, 0.15) is 32.4 Å². The van der Waals surface area contributed by atoms with Crippen molar-refractivity contribution in [2.45, 2.75) is 26.8 Å². The maximum Gasteiger partial charge on any atom is 0.171 e. The lowest BCUT2D eigenvalue weighted by molar-refractivity contribution is 0.287. The first-order chi connectivity index (χ1) is 12.0. The molecular weight excluding hydrogens is 400 g/mol. The lowest BCUT2D eigenvalue weighted by Gasteiger charge is -2.19. The van der Waals surface area contributed by atoms with Gasteiger partial charge in [-0.1, -0.05) is 22.0 Å². The summed E-state index contributed by atoms with van der Waals surface area (Å²) < 4.78 is 12.3. The smallest absolute Gasteiger partial charge is 0.171 e. The molecule has 0 saturated carbocycles. The second-order valence-corrected chi connectivity index (χ2v) is 6.72. The molecule has 0 saturated heterocycles. The highest BCUT2D eigenvalue weighted by Gasteiger charge is 2.12. The quantitative estimate of drug-likeness (QED) is 0.592. The second kappa shape index (κ2) is 9.63. The van der Waals surface area contributed by atoms with E-state index in [1.165, 1.54) is 0 Å². The molecule has 2 N–H and O–H groups in total. The molecule has 1 atom stereocenters. The normalized spacial score (nSPS) is 11.5. The molecule has 0 radical (unpaired) electrons. The van der Waals surface area contributed by atoms with Gasteiger partial charge in [-0.3, -0.25) is 0 Å². The number of anilines is 1. The molecule has 0 bridgehead atoms. The Balaban J connectivity index is 2.03. The maximum absolute atomic E-state index is 5.69. The Morgan fingerprint density at radius 1 is 1.04 bits per heavy atom. The third-order valence-electron chi connectivity index (χ3n) is 3.52. The molecule has 1 unspecified atom stereocenters. The second-order valence-electron chi connectivity index (χ2n) is 5.40. The monoisotopic (exact) mass is 422 g/mol. The van der Waals surface area contributed by atoms with Crippen molar-refractivity contribution in [3.05, 3.63) is 52.5 Å². The van der Waals surface area contributed by atoms with Crippen molar-refractivity contribution >= 4 is 38.9 Å². The van der Waals surface area contributed by atoms with E-state index in [9.17, 15) is 0 Å². The predicted octanol–water partition coefficient (Wildman–Crippen LogP) is 5.29. The van der Waals surface area contributed by atoms with Crippen molar-refractivity contribution in [1.82, 2.24) is 5.32 Å². The zero-order chi connectivity index (χ0) is 18.2. The van der Waals surface area contributed by atoms with E-state index in [-0.39, 0.29) is 6.04 Å². The number of halogens is 1. The van der Waals surface area contributed by atoms with E-state index in [0.29, 0.717) is 18.3 Å². The molecule has 0 amide bonds. The van der Waals surface area contributed by atoms with Gasteiger partial charge in [0.2, 0.25) is 0 Å². The zero-order valence-electron chi connectivity index (χ0n) is 14.6. The van der Waals surface area contributed by atoms with Crippen LogP contribution in [0.5, 0.6) is 11.5 Å². The molecule has 25 heavy (non-hydrogen) atoms. The largest absolute Gasteiger partial charge is 0.490 e. The highest BCUT2D eigenvalue weighted by molar-refractivity contribution is 9.10. The minimum atomic E-state index is 0.0327. The first-order valence-electron chi connectivity index (χ1n) is 8.26. The molecule has 0 aliphatic carbocycles. The Kier molecular flexibility index (Phi) is 7.52. The summed E-state index contributed by atoms with van der Waals surface area (Å²) in [5.74, 6) is 1.51. The van der Waals surface area contributed by atoms with Crippen LogP contribution < -0.4 is 20.1 Å². The molecule has 0 aliphatic rings. The third kappa shape index (κ3) is 5.90. The SMILES string of the molecule is CCOc1ccc(C(C)NC(=S)Nc2ccc(Br)cc2)cc1OCC. The Bertz CT molecular complexity index is 707. The van der Waals surface area contributed by atoms with Crippen LogP contribution in [-0.4, -0.2) is 18.3 Å². The Morgan fingerprint density at radius 2 is 1.68 bits per heavy atom. The summed E-state index contributed by atoms with van der Waals surface area (Å²) in [6.45, 7) is 7.17. The van der Waals surface area contributed by atoms with Crippen molar-refractivity contribution in [1.29, 1.82) is 0 Å². The average molecular weight is 423 g/mol. The van der Waals surface area contributed by atoms with Gasteiger partial charge in [0.25, 0.3) is 0 Å². The van der Waals surface area contributed by atoms with Crippen LogP contribution in [-0.2, 0) is 0 Å². The molecule has 6 heteroatoms. The summed E-state index contributed by atoms with van der Waals surface area (Å²) in [6.07, 6.45) is 0. The van der Waals surface area contributed by atoms with Gasteiger partial charge in [0.05, 0.1) is 19.3 Å². The van der Waals surface area contributed by atoms with Crippen molar-refractivity contribution in [2.24, 2.45) is 0 Å². The van der Waals surface area contributed by atoms with Gasteiger partial charge in [0.15, 0.2) is 16.6 Å². The third-order valence-corrected chi connectivity index (χ3v) is 4.27. The number of benzene rings is 2. The molecular formula is C19H23BrN2O2S. The van der Waals surface area contributed by atoms with Crippen LogP contribution in [0.25, 0.3) is 0 Å². The molecule has 2 rings (SSSR count). The highest BCUT2D eigenvalue weighted by Crippen LogP contribution is 2.30. The Morgan fingerprint density at radius 3 is 2.32 bits per heavy atom. The van der Waals surface area contributed by atoms with Crippen LogP contribution in [0.15, 0.2) is 46.9 Å². The van der Waals surface area contributed by atoms with Gasteiger partial charge in [-0.05, 0) is 75.0 Å². The molecule has 0 aliphatic heterocycles. The summed E-state index contributed by atoms with van der Waals surface area (Å²) in [4.78, 5) is 0. The first-order valence-corrected chi connectivity index (χ1v) is 9.46. The predicted molar refractivity (Wildman–Crippen MR) is 111 cm³/mol. The lowest BCUT2D eigenvalue weighted by Crippen LogP contribution is -2.30. The molecule has 4 nitrogen and oxygen atoms in total. The minimum absolute atomic E-state index is 0.0327. The van der Waals surface area contributed by atoms with Gasteiger partial charge in [0, 0.05) is 10.2 Å². The van der Waals surface area contributed by atoms with Gasteiger partial charge in [-0.25, -0.2) is 0 Å². The van der Waals surface area contributed by atoms with Gasteiger partial charge >= 0.3 is 0 Å². The fourth-order valence-electron chi connectivity index (χ4n) is 2.32. The fraction of sp³-hybridized carbons (Fsp3) is 0.316. The summed E-state index contributed by atoms with van der Waals surface area (Å²) in [7, 11) is 0. The van der Waals surface area contributed by atoms with Gasteiger partial charge < -0.3 is 20.1 Å². The van der Waals surface area contributed by atoms with Crippen LogP contribution in [0.3, 0.4) is 0 Å². The van der Waals surface area contributed by atoms with E-state index in [2.05, 4.69) is 33.5 Å². The average Bonchev–Trinajstić information content (AvgIpc) is 2.59. The Hall–Kier alpha value is -1.79.